The quantitative estimate of drug-likeness (QED) is 0.427. The average molecular weight is 283 g/mol. The van der Waals surface area contributed by atoms with Crippen LogP contribution >= 0.6 is 0 Å². The molecule has 0 radical (unpaired) electrons. The summed E-state index contributed by atoms with van der Waals surface area (Å²) < 4.78 is 0. The van der Waals surface area contributed by atoms with E-state index in [1.54, 1.807) is 0 Å². The highest BCUT2D eigenvalue weighted by atomic mass is 15.1. The summed E-state index contributed by atoms with van der Waals surface area (Å²) in [5.74, 6) is 0. The van der Waals surface area contributed by atoms with E-state index in [1.165, 1.54) is 69.9 Å². The lowest BCUT2D eigenvalue weighted by Crippen LogP contribution is -2.19. The lowest BCUT2D eigenvalue weighted by atomic mass is 10.1. The third-order valence-corrected chi connectivity index (χ3v) is 3.77. The van der Waals surface area contributed by atoms with Crippen LogP contribution in [0.5, 0.6) is 0 Å². The highest BCUT2D eigenvalue weighted by Gasteiger charge is 1.96. The van der Waals surface area contributed by atoms with Gasteiger partial charge in [-0.1, -0.05) is 71.3 Å². The number of unbranched alkanes of at least 4 members (excludes halogenated alkanes) is 9. The Morgan fingerprint density at radius 3 is 1.85 bits per heavy atom. The van der Waals surface area contributed by atoms with Crippen LogP contribution in [-0.2, 0) is 0 Å². The summed E-state index contributed by atoms with van der Waals surface area (Å²) in [5, 5.41) is 3.44. The molecule has 0 atom stereocenters. The van der Waals surface area contributed by atoms with E-state index in [-0.39, 0.29) is 0 Å². The van der Waals surface area contributed by atoms with E-state index in [0.29, 0.717) is 0 Å². The molecule has 0 spiro atoms. The first-order valence-electron chi connectivity index (χ1n) is 8.73. The number of hydrogen-bond donors (Lipinski definition) is 1. The Labute approximate surface area is 128 Å². The smallest absolute Gasteiger partial charge is 0.0143 e. The molecule has 0 saturated carbocycles. The molecule has 0 amide bonds. The molecule has 0 heterocycles. The summed E-state index contributed by atoms with van der Waals surface area (Å²) >= 11 is 0. The minimum Gasteiger partial charge on any atom is -0.389 e. The Bertz CT molecular complexity index is 211. The Morgan fingerprint density at radius 2 is 1.35 bits per heavy atom. The van der Waals surface area contributed by atoms with Crippen LogP contribution in [0.15, 0.2) is 12.3 Å². The SMILES string of the molecule is C=C(CCN(C)C)NCCCCCCCCCCCC. The first kappa shape index (κ1) is 19.5. The Hall–Kier alpha value is -0.500. The molecule has 0 aromatic heterocycles. The largest absolute Gasteiger partial charge is 0.389 e. The topological polar surface area (TPSA) is 15.3 Å². The van der Waals surface area contributed by atoms with Gasteiger partial charge in [0.1, 0.15) is 0 Å². The first-order valence-corrected chi connectivity index (χ1v) is 8.73. The molecule has 0 unspecified atom stereocenters. The molecule has 20 heavy (non-hydrogen) atoms. The normalized spacial score (nSPS) is 11.0. The van der Waals surface area contributed by atoms with Crippen LogP contribution in [0.25, 0.3) is 0 Å². The molecule has 2 nitrogen and oxygen atoms in total. The molecule has 2 heteroatoms. The summed E-state index contributed by atoms with van der Waals surface area (Å²) in [6.45, 7) is 8.54. The van der Waals surface area contributed by atoms with E-state index in [9.17, 15) is 0 Å². The zero-order valence-electron chi connectivity index (χ0n) is 14.3. The third-order valence-electron chi connectivity index (χ3n) is 3.77. The second-order valence-corrected chi connectivity index (χ2v) is 6.27. The number of rotatable bonds is 15. The predicted octanol–water partition coefficient (Wildman–Crippen LogP) is 4.96. The molecule has 0 aliphatic rings. The van der Waals surface area contributed by atoms with E-state index in [4.69, 9.17) is 0 Å². The van der Waals surface area contributed by atoms with E-state index >= 15 is 0 Å². The van der Waals surface area contributed by atoms with Crippen molar-refractivity contribution in [1.29, 1.82) is 0 Å². The fraction of sp³-hybridized carbons (Fsp3) is 0.889. The van der Waals surface area contributed by atoms with Gasteiger partial charge in [-0.15, -0.1) is 0 Å². The van der Waals surface area contributed by atoms with Gasteiger partial charge in [0.2, 0.25) is 0 Å². The third kappa shape index (κ3) is 15.6. The second-order valence-electron chi connectivity index (χ2n) is 6.27. The lowest BCUT2D eigenvalue weighted by molar-refractivity contribution is 0.408. The van der Waals surface area contributed by atoms with Crippen molar-refractivity contribution >= 4 is 0 Å². The molecule has 0 bridgehead atoms. The highest BCUT2D eigenvalue weighted by molar-refractivity contribution is 4.91. The van der Waals surface area contributed by atoms with Crippen molar-refractivity contribution in [1.82, 2.24) is 10.2 Å². The minimum absolute atomic E-state index is 1.06. The molecule has 0 aromatic rings. The van der Waals surface area contributed by atoms with Crippen LogP contribution in [0.2, 0.25) is 0 Å². The Morgan fingerprint density at radius 1 is 0.850 bits per heavy atom. The molecule has 1 N–H and O–H groups in total. The predicted molar refractivity (Wildman–Crippen MR) is 92.2 cm³/mol. The zero-order valence-corrected chi connectivity index (χ0v) is 14.3. The molecule has 0 rings (SSSR count). The van der Waals surface area contributed by atoms with Gasteiger partial charge >= 0.3 is 0 Å². The van der Waals surface area contributed by atoms with Gasteiger partial charge in [0, 0.05) is 18.8 Å². The molecular weight excluding hydrogens is 244 g/mol. The van der Waals surface area contributed by atoms with E-state index in [0.717, 1.165) is 19.5 Å². The van der Waals surface area contributed by atoms with Crippen LogP contribution in [0, 0.1) is 0 Å². The monoisotopic (exact) mass is 282 g/mol. The van der Waals surface area contributed by atoms with Crippen molar-refractivity contribution < 1.29 is 0 Å². The van der Waals surface area contributed by atoms with E-state index in [1.807, 2.05) is 0 Å². The van der Waals surface area contributed by atoms with Crippen molar-refractivity contribution in [2.45, 2.75) is 77.6 Å². The van der Waals surface area contributed by atoms with Crippen molar-refractivity contribution in [2.24, 2.45) is 0 Å². The van der Waals surface area contributed by atoms with Crippen LogP contribution in [0.4, 0.5) is 0 Å². The van der Waals surface area contributed by atoms with Crippen molar-refractivity contribution in [3.8, 4) is 0 Å². The number of nitrogens with one attached hydrogen (secondary N) is 1. The number of hydrogen-bond acceptors (Lipinski definition) is 2. The highest BCUT2D eigenvalue weighted by Crippen LogP contribution is 2.10. The molecule has 0 aliphatic carbocycles. The molecule has 0 aromatic carbocycles. The van der Waals surface area contributed by atoms with Gasteiger partial charge in [0.05, 0.1) is 0 Å². The van der Waals surface area contributed by atoms with Crippen molar-refractivity contribution in [2.75, 3.05) is 27.2 Å². The maximum atomic E-state index is 4.07. The van der Waals surface area contributed by atoms with Crippen molar-refractivity contribution in [3.63, 3.8) is 0 Å². The van der Waals surface area contributed by atoms with E-state index in [2.05, 4.69) is 37.8 Å². The zero-order chi connectivity index (χ0) is 15.1. The average Bonchev–Trinajstić information content (AvgIpc) is 2.42. The Balaban J connectivity index is 3.11. The maximum Gasteiger partial charge on any atom is 0.0143 e. The summed E-state index contributed by atoms with van der Waals surface area (Å²) in [7, 11) is 4.21. The summed E-state index contributed by atoms with van der Waals surface area (Å²) in [4.78, 5) is 2.20. The Kier molecular flexibility index (Phi) is 14.5. The molecule has 0 fully saturated rings. The summed E-state index contributed by atoms with van der Waals surface area (Å²) in [5.41, 5.74) is 1.19. The van der Waals surface area contributed by atoms with Gasteiger partial charge in [-0.05, 0) is 26.9 Å². The minimum atomic E-state index is 1.06. The molecule has 0 aliphatic heterocycles. The fourth-order valence-electron chi connectivity index (χ4n) is 2.32. The maximum absolute atomic E-state index is 4.07. The van der Waals surface area contributed by atoms with Gasteiger partial charge in [-0.3, -0.25) is 0 Å². The molecular formula is C18H38N2. The van der Waals surface area contributed by atoms with Gasteiger partial charge in [-0.2, -0.15) is 0 Å². The standard InChI is InChI=1S/C18H38N2/c1-5-6-7-8-9-10-11-12-13-14-16-19-18(2)15-17-20(3)4/h19H,2,5-17H2,1,3-4H3. The summed E-state index contributed by atoms with van der Waals surface area (Å²) in [6, 6.07) is 0. The van der Waals surface area contributed by atoms with Gasteiger partial charge < -0.3 is 10.2 Å². The first-order chi connectivity index (χ1) is 9.66. The lowest BCUT2D eigenvalue weighted by Gasteiger charge is -2.13. The van der Waals surface area contributed by atoms with Crippen molar-refractivity contribution in [3.05, 3.63) is 12.3 Å². The second kappa shape index (κ2) is 14.9. The molecule has 120 valence electrons. The van der Waals surface area contributed by atoms with Crippen LogP contribution in [-0.4, -0.2) is 32.1 Å². The van der Waals surface area contributed by atoms with E-state index < -0.39 is 0 Å². The van der Waals surface area contributed by atoms with Gasteiger partial charge in [0.25, 0.3) is 0 Å². The van der Waals surface area contributed by atoms with Crippen LogP contribution in [0.1, 0.15) is 77.6 Å². The fourth-order valence-corrected chi connectivity index (χ4v) is 2.32. The van der Waals surface area contributed by atoms with Crippen LogP contribution < -0.4 is 5.32 Å². The number of nitrogens with zero attached hydrogens (tertiary/aromatic N) is 1. The van der Waals surface area contributed by atoms with Crippen LogP contribution in [0.3, 0.4) is 0 Å². The molecule has 0 saturated heterocycles. The summed E-state index contributed by atoms with van der Waals surface area (Å²) in [6.07, 6.45) is 15.1. The van der Waals surface area contributed by atoms with Gasteiger partial charge in [-0.25, -0.2) is 0 Å². The van der Waals surface area contributed by atoms with Gasteiger partial charge in [0.15, 0.2) is 0 Å².